The molecule has 2 rings (SSSR count). The normalized spacial score (nSPS) is 9.00. The largest absolute Gasteiger partial charge is 0.476 e. The number of aromatic carboxylic acids is 4. The van der Waals surface area contributed by atoms with Crippen molar-refractivity contribution in [1.82, 2.24) is 19.1 Å². The summed E-state index contributed by atoms with van der Waals surface area (Å²) in [6.07, 6.45) is 2.40. The van der Waals surface area contributed by atoms with Crippen LogP contribution in [0, 0.1) is 0 Å². The van der Waals surface area contributed by atoms with Crippen LogP contribution in [0.5, 0.6) is 0 Å². The number of rotatable bonds is 6. The van der Waals surface area contributed by atoms with Crippen LogP contribution in [-0.2, 0) is 13.1 Å². The summed E-state index contributed by atoms with van der Waals surface area (Å²) in [5, 5.41) is 34.6. The average Bonchev–Trinajstić information content (AvgIpc) is 3.35. The van der Waals surface area contributed by atoms with Crippen molar-refractivity contribution in [2.24, 2.45) is 11.5 Å². The van der Waals surface area contributed by atoms with Gasteiger partial charge >= 0.3 is 23.9 Å². The number of carboxylic acids is 4. The maximum atomic E-state index is 10.6. The van der Waals surface area contributed by atoms with Crippen molar-refractivity contribution in [1.29, 1.82) is 0 Å². The van der Waals surface area contributed by atoms with E-state index in [9.17, 15) is 19.2 Å². The number of hydrogen-bond acceptors (Lipinski definition) is 8. The maximum absolute atomic E-state index is 10.6. The molecular formula is C16H26N6O8. The molecule has 2 aromatic rings. The summed E-state index contributed by atoms with van der Waals surface area (Å²) >= 11 is 0. The highest BCUT2D eigenvalue weighted by atomic mass is 16.4. The second-order valence-corrected chi connectivity index (χ2v) is 4.68. The Bertz CT molecular complexity index is 788. The van der Waals surface area contributed by atoms with Crippen LogP contribution in [0.25, 0.3) is 0 Å². The number of carboxylic acid groups (broad SMARTS) is 4. The molecule has 0 amide bonds. The molecule has 0 radical (unpaired) electrons. The molecule has 0 saturated heterocycles. The molecule has 0 atom stereocenters. The van der Waals surface area contributed by atoms with Gasteiger partial charge in [0, 0.05) is 13.1 Å². The van der Waals surface area contributed by atoms with Crippen LogP contribution in [0.2, 0.25) is 0 Å². The summed E-state index contributed by atoms with van der Waals surface area (Å²) < 4.78 is 2.54. The first-order chi connectivity index (χ1) is 14.1. The Labute approximate surface area is 171 Å². The monoisotopic (exact) mass is 430 g/mol. The Balaban J connectivity index is 0. The third-order valence-electron chi connectivity index (χ3n) is 3.17. The quantitative estimate of drug-likeness (QED) is 0.348. The fourth-order valence-corrected chi connectivity index (χ4v) is 2.01. The first-order valence-corrected chi connectivity index (χ1v) is 8.34. The van der Waals surface area contributed by atoms with Gasteiger partial charge in [-0.1, -0.05) is 0 Å². The highest BCUT2D eigenvalue weighted by Gasteiger charge is 2.22. The van der Waals surface area contributed by atoms with E-state index in [0.717, 1.165) is 0 Å². The Morgan fingerprint density at radius 2 is 0.967 bits per heavy atom. The van der Waals surface area contributed by atoms with Gasteiger partial charge < -0.3 is 41.0 Å². The Morgan fingerprint density at radius 3 is 1.13 bits per heavy atom. The summed E-state index contributed by atoms with van der Waals surface area (Å²) in [4.78, 5) is 49.3. The van der Waals surface area contributed by atoms with Crippen LogP contribution < -0.4 is 11.5 Å². The second-order valence-electron chi connectivity index (χ2n) is 4.68. The summed E-state index contributed by atoms with van der Waals surface area (Å²) in [5.74, 6) is -5.22. The maximum Gasteiger partial charge on any atom is 0.357 e. The molecule has 0 aliphatic rings. The third kappa shape index (κ3) is 7.33. The van der Waals surface area contributed by atoms with E-state index in [2.05, 4.69) is 21.4 Å². The number of aromatic nitrogens is 4. The predicted octanol–water partition coefficient (Wildman–Crippen LogP) is -0.251. The predicted molar refractivity (Wildman–Crippen MR) is 104 cm³/mol. The van der Waals surface area contributed by atoms with Crippen molar-refractivity contribution < 1.29 is 39.6 Å². The van der Waals surface area contributed by atoms with Crippen LogP contribution >= 0.6 is 0 Å². The number of hydrogen-bond donors (Lipinski definition) is 6. The SMILES string of the molecule is CCn1cnc(C(=O)O)c1C(=O)O.CCn1cnc(C(=O)O)c1C(=O)O.CN.CN. The lowest BCUT2D eigenvalue weighted by atomic mass is 10.3. The molecule has 0 unspecified atom stereocenters. The number of aryl methyl sites for hydroxylation is 2. The topological polar surface area (TPSA) is 237 Å². The van der Waals surface area contributed by atoms with Crippen molar-refractivity contribution in [3.63, 3.8) is 0 Å². The lowest BCUT2D eigenvalue weighted by molar-refractivity contribution is 0.0640. The smallest absolute Gasteiger partial charge is 0.357 e. The van der Waals surface area contributed by atoms with Crippen molar-refractivity contribution in [2.75, 3.05) is 14.1 Å². The lowest BCUT2D eigenvalue weighted by Gasteiger charge is -1.99. The van der Waals surface area contributed by atoms with Crippen molar-refractivity contribution in [3.05, 3.63) is 35.4 Å². The molecular weight excluding hydrogens is 404 g/mol. The van der Waals surface area contributed by atoms with Crippen LogP contribution in [0.4, 0.5) is 0 Å². The molecule has 30 heavy (non-hydrogen) atoms. The summed E-state index contributed by atoms with van der Waals surface area (Å²) in [6, 6.07) is 0. The minimum Gasteiger partial charge on any atom is -0.476 e. The Morgan fingerprint density at radius 1 is 0.700 bits per heavy atom. The molecule has 14 nitrogen and oxygen atoms in total. The highest BCUT2D eigenvalue weighted by molar-refractivity contribution is 5.99. The molecule has 0 fully saturated rings. The molecule has 0 aromatic carbocycles. The van der Waals surface area contributed by atoms with E-state index in [0.29, 0.717) is 13.1 Å². The first kappa shape index (κ1) is 28.4. The van der Waals surface area contributed by atoms with Gasteiger partial charge in [0.25, 0.3) is 0 Å². The van der Waals surface area contributed by atoms with Crippen LogP contribution in [0.3, 0.4) is 0 Å². The van der Waals surface area contributed by atoms with Gasteiger partial charge in [-0.25, -0.2) is 29.1 Å². The van der Waals surface area contributed by atoms with Gasteiger partial charge in [0.15, 0.2) is 22.8 Å². The van der Waals surface area contributed by atoms with Crippen molar-refractivity contribution in [2.45, 2.75) is 26.9 Å². The zero-order valence-electron chi connectivity index (χ0n) is 16.9. The second kappa shape index (κ2) is 14.3. The molecule has 0 spiro atoms. The van der Waals surface area contributed by atoms with Gasteiger partial charge in [0.2, 0.25) is 0 Å². The number of nitrogens with zero attached hydrogens (tertiary/aromatic N) is 4. The van der Waals surface area contributed by atoms with Gasteiger partial charge in [-0.2, -0.15) is 0 Å². The van der Waals surface area contributed by atoms with E-state index in [1.54, 1.807) is 13.8 Å². The van der Waals surface area contributed by atoms with Crippen LogP contribution in [0.15, 0.2) is 12.7 Å². The molecule has 2 aromatic heterocycles. The molecule has 0 saturated carbocycles. The summed E-state index contributed by atoms with van der Waals surface area (Å²) in [5.41, 5.74) is 7.59. The average molecular weight is 430 g/mol. The van der Waals surface area contributed by atoms with Gasteiger partial charge in [-0.05, 0) is 27.9 Å². The Hall–Kier alpha value is -3.78. The lowest BCUT2D eigenvalue weighted by Crippen LogP contribution is -2.12. The first-order valence-electron chi connectivity index (χ1n) is 8.34. The van der Waals surface area contributed by atoms with E-state index in [1.807, 2.05) is 0 Å². The van der Waals surface area contributed by atoms with Gasteiger partial charge in [0.05, 0.1) is 12.7 Å². The van der Waals surface area contributed by atoms with E-state index < -0.39 is 35.3 Å². The third-order valence-corrected chi connectivity index (χ3v) is 3.17. The zero-order chi connectivity index (χ0) is 24.0. The fraction of sp³-hybridized carbons (Fsp3) is 0.375. The molecule has 0 aliphatic heterocycles. The summed E-state index contributed by atoms with van der Waals surface area (Å²) in [7, 11) is 3.00. The van der Waals surface area contributed by atoms with Crippen LogP contribution in [0.1, 0.15) is 55.8 Å². The molecule has 14 heteroatoms. The number of nitrogens with two attached hydrogens (primary N) is 2. The van der Waals surface area contributed by atoms with Crippen molar-refractivity contribution in [3.8, 4) is 0 Å². The zero-order valence-corrected chi connectivity index (χ0v) is 16.9. The van der Waals surface area contributed by atoms with Crippen LogP contribution in [-0.4, -0.2) is 77.5 Å². The number of carbonyl (C=O) groups is 4. The van der Waals surface area contributed by atoms with E-state index in [4.69, 9.17) is 20.4 Å². The molecule has 2 heterocycles. The van der Waals surface area contributed by atoms with E-state index in [1.165, 1.54) is 35.9 Å². The summed E-state index contributed by atoms with van der Waals surface area (Å²) in [6.45, 7) is 4.17. The van der Waals surface area contributed by atoms with Gasteiger partial charge in [-0.15, -0.1) is 0 Å². The minimum absolute atomic E-state index is 0.282. The van der Waals surface area contributed by atoms with Crippen molar-refractivity contribution >= 4 is 23.9 Å². The minimum atomic E-state index is -1.33. The standard InChI is InChI=1S/2C7H8N2O4.2CH5N/c2*1-2-9-3-8-4(6(10)11)5(9)7(12)13;2*1-2/h2*3H,2H2,1H3,(H,10,11)(H,12,13);2*2H2,1H3. The molecule has 168 valence electrons. The molecule has 0 bridgehead atoms. The van der Waals surface area contributed by atoms with Gasteiger partial charge in [-0.3, -0.25) is 0 Å². The number of imidazole rings is 2. The van der Waals surface area contributed by atoms with E-state index >= 15 is 0 Å². The highest BCUT2D eigenvalue weighted by Crippen LogP contribution is 2.08. The van der Waals surface area contributed by atoms with Gasteiger partial charge in [0.1, 0.15) is 0 Å². The fourth-order valence-electron chi connectivity index (χ4n) is 2.01. The molecule has 0 aliphatic carbocycles. The molecule has 8 N–H and O–H groups in total. The van der Waals surface area contributed by atoms with E-state index in [-0.39, 0.29) is 11.4 Å². The Kier molecular flexibility index (Phi) is 13.5.